The number of aryl methyl sites for hydroxylation is 1. The molecule has 0 spiro atoms. The van der Waals surface area contributed by atoms with Gasteiger partial charge in [0.2, 0.25) is 0 Å². The Labute approximate surface area is 147 Å². The SMILES string of the molecule is C[n+]1ccc(CNC(=O)C(O)(c2ccccc2)c2ccccc2)cc1. The molecule has 1 amide bonds. The van der Waals surface area contributed by atoms with Gasteiger partial charge in [-0.05, 0) is 16.7 Å². The molecule has 0 radical (unpaired) electrons. The normalized spacial score (nSPS) is 11.1. The van der Waals surface area contributed by atoms with Gasteiger partial charge in [-0.3, -0.25) is 4.79 Å². The van der Waals surface area contributed by atoms with Gasteiger partial charge in [-0.1, -0.05) is 60.7 Å². The minimum Gasteiger partial charge on any atom is -0.372 e. The number of pyridine rings is 1. The highest BCUT2D eigenvalue weighted by molar-refractivity contribution is 5.90. The predicted octanol–water partition coefficient (Wildman–Crippen LogP) is 2.06. The highest BCUT2D eigenvalue weighted by Crippen LogP contribution is 2.29. The number of rotatable bonds is 5. The van der Waals surface area contributed by atoms with Crippen molar-refractivity contribution in [2.75, 3.05) is 0 Å². The van der Waals surface area contributed by atoms with E-state index in [1.807, 2.05) is 72.5 Å². The van der Waals surface area contributed by atoms with Crippen LogP contribution < -0.4 is 9.88 Å². The van der Waals surface area contributed by atoms with Crippen molar-refractivity contribution < 1.29 is 14.5 Å². The van der Waals surface area contributed by atoms with E-state index in [1.54, 1.807) is 24.3 Å². The maximum atomic E-state index is 12.9. The average Bonchev–Trinajstić information content (AvgIpc) is 2.68. The van der Waals surface area contributed by atoms with Crippen molar-refractivity contribution in [1.29, 1.82) is 0 Å². The van der Waals surface area contributed by atoms with Crippen molar-refractivity contribution in [1.82, 2.24) is 5.32 Å². The van der Waals surface area contributed by atoms with E-state index < -0.39 is 11.5 Å². The Kier molecular flexibility index (Phi) is 4.91. The van der Waals surface area contributed by atoms with Crippen molar-refractivity contribution in [3.8, 4) is 0 Å². The van der Waals surface area contributed by atoms with Crippen molar-refractivity contribution in [2.45, 2.75) is 12.1 Å². The molecule has 0 bridgehead atoms. The quantitative estimate of drug-likeness (QED) is 0.702. The number of hydrogen-bond donors (Lipinski definition) is 2. The second-order valence-electron chi connectivity index (χ2n) is 6.00. The van der Waals surface area contributed by atoms with Crippen LogP contribution in [0.5, 0.6) is 0 Å². The number of aliphatic hydroxyl groups is 1. The van der Waals surface area contributed by atoms with Crippen molar-refractivity contribution >= 4 is 5.91 Å². The lowest BCUT2D eigenvalue weighted by molar-refractivity contribution is -0.671. The van der Waals surface area contributed by atoms with E-state index in [-0.39, 0.29) is 0 Å². The molecule has 126 valence electrons. The second-order valence-corrected chi connectivity index (χ2v) is 6.00. The van der Waals surface area contributed by atoms with Crippen LogP contribution >= 0.6 is 0 Å². The molecule has 0 atom stereocenters. The van der Waals surface area contributed by atoms with E-state index in [1.165, 1.54) is 0 Å². The van der Waals surface area contributed by atoms with E-state index >= 15 is 0 Å². The number of carbonyl (C=O) groups excluding carboxylic acids is 1. The Morgan fingerprint density at radius 3 is 1.88 bits per heavy atom. The third-order valence-corrected chi connectivity index (χ3v) is 4.21. The Hall–Kier alpha value is -2.98. The van der Waals surface area contributed by atoms with Crippen LogP contribution in [0.3, 0.4) is 0 Å². The largest absolute Gasteiger partial charge is 0.372 e. The third-order valence-electron chi connectivity index (χ3n) is 4.21. The molecule has 2 N–H and O–H groups in total. The number of amides is 1. The molecule has 3 rings (SSSR count). The summed E-state index contributed by atoms with van der Waals surface area (Å²) in [5, 5.41) is 14.2. The second kappa shape index (κ2) is 7.28. The highest BCUT2D eigenvalue weighted by Gasteiger charge is 2.39. The molecule has 4 heteroatoms. The number of hydrogen-bond acceptors (Lipinski definition) is 2. The summed E-state index contributed by atoms with van der Waals surface area (Å²) >= 11 is 0. The van der Waals surface area contributed by atoms with Gasteiger partial charge in [0.15, 0.2) is 18.0 Å². The summed E-state index contributed by atoms with van der Waals surface area (Å²) in [6.45, 7) is 0.349. The fourth-order valence-electron chi connectivity index (χ4n) is 2.75. The van der Waals surface area contributed by atoms with Gasteiger partial charge >= 0.3 is 0 Å². The predicted molar refractivity (Wildman–Crippen MR) is 95.3 cm³/mol. The molecule has 0 unspecified atom stereocenters. The maximum absolute atomic E-state index is 12.9. The highest BCUT2D eigenvalue weighted by atomic mass is 16.3. The topological polar surface area (TPSA) is 53.2 Å². The van der Waals surface area contributed by atoms with Crippen LogP contribution in [0.1, 0.15) is 16.7 Å². The molecule has 3 aromatic rings. The number of nitrogens with one attached hydrogen (secondary N) is 1. The number of nitrogens with zero attached hydrogens (tertiary/aromatic N) is 1. The van der Waals surface area contributed by atoms with E-state index in [9.17, 15) is 9.90 Å². The summed E-state index contributed by atoms with van der Waals surface area (Å²) in [5.74, 6) is -0.446. The van der Waals surface area contributed by atoms with Gasteiger partial charge in [-0.2, -0.15) is 0 Å². The van der Waals surface area contributed by atoms with E-state index in [4.69, 9.17) is 0 Å². The third kappa shape index (κ3) is 3.59. The Morgan fingerprint density at radius 1 is 0.920 bits per heavy atom. The summed E-state index contributed by atoms with van der Waals surface area (Å²) in [6.07, 6.45) is 3.84. The first-order valence-corrected chi connectivity index (χ1v) is 8.16. The van der Waals surface area contributed by atoms with Gasteiger partial charge in [0.1, 0.15) is 7.05 Å². The summed E-state index contributed by atoms with van der Waals surface area (Å²) in [7, 11) is 1.94. The molecule has 0 saturated carbocycles. The van der Waals surface area contributed by atoms with Crippen LogP contribution in [-0.4, -0.2) is 11.0 Å². The average molecular weight is 333 g/mol. The first-order chi connectivity index (χ1) is 12.1. The fourth-order valence-corrected chi connectivity index (χ4v) is 2.75. The first kappa shape index (κ1) is 16.9. The summed E-state index contributed by atoms with van der Waals surface area (Å²) < 4.78 is 1.93. The molecule has 2 aromatic carbocycles. The van der Waals surface area contributed by atoms with E-state index in [0.29, 0.717) is 17.7 Å². The zero-order valence-electron chi connectivity index (χ0n) is 14.1. The van der Waals surface area contributed by atoms with Gasteiger partial charge in [0, 0.05) is 18.7 Å². The smallest absolute Gasteiger partial charge is 0.261 e. The monoisotopic (exact) mass is 333 g/mol. The van der Waals surface area contributed by atoms with Gasteiger partial charge in [0.05, 0.1) is 0 Å². The molecule has 0 aliphatic rings. The Bertz CT molecular complexity index is 791. The van der Waals surface area contributed by atoms with Gasteiger partial charge in [-0.25, -0.2) is 4.57 Å². The summed E-state index contributed by atoms with van der Waals surface area (Å²) in [4.78, 5) is 12.9. The maximum Gasteiger partial charge on any atom is 0.261 e. The van der Waals surface area contributed by atoms with Crippen molar-refractivity contribution in [2.24, 2.45) is 7.05 Å². The molecule has 0 aliphatic carbocycles. The molecule has 0 fully saturated rings. The van der Waals surface area contributed by atoms with Gasteiger partial charge in [-0.15, -0.1) is 0 Å². The van der Waals surface area contributed by atoms with Crippen LogP contribution in [0.2, 0.25) is 0 Å². The van der Waals surface area contributed by atoms with Gasteiger partial charge < -0.3 is 10.4 Å². The lowest BCUT2D eigenvalue weighted by Crippen LogP contribution is -2.45. The zero-order valence-corrected chi connectivity index (χ0v) is 14.1. The van der Waals surface area contributed by atoms with Crippen LogP contribution in [0, 0.1) is 0 Å². The summed E-state index contributed by atoms with van der Waals surface area (Å²) in [5.41, 5.74) is 0.313. The minimum absolute atomic E-state index is 0.349. The molecule has 1 heterocycles. The van der Waals surface area contributed by atoms with E-state index in [2.05, 4.69) is 5.32 Å². The Balaban J connectivity index is 1.89. The standard InChI is InChI=1S/C21H20N2O2/c1-23-14-12-17(13-15-23)16-22-20(24)21(25,18-8-4-2-5-9-18)19-10-6-3-7-11-19/h2-15,25H,16H2,1H3/p+1. The fraction of sp³-hybridized carbons (Fsp3) is 0.143. The molecule has 25 heavy (non-hydrogen) atoms. The van der Waals surface area contributed by atoms with Crippen LogP contribution in [-0.2, 0) is 24.0 Å². The number of aromatic nitrogens is 1. The van der Waals surface area contributed by atoms with Crippen molar-refractivity contribution in [3.63, 3.8) is 0 Å². The first-order valence-electron chi connectivity index (χ1n) is 8.16. The molecular formula is C21H21N2O2+. The molecule has 1 aromatic heterocycles. The molecule has 0 aliphatic heterocycles. The van der Waals surface area contributed by atoms with Crippen LogP contribution in [0.15, 0.2) is 85.2 Å². The number of carbonyl (C=O) groups is 1. The lowest BCUT2D eigenvalue weighted by Gasteiger charge is -2.28. The van der Waals surface area contributed by atoms with Crippen LogP contribution in [0.4, 0.5) is 0 Å². The molecular weight excluding hydrogens is 312 g/mol. The van der Waals surface area contributed by atoms with Crippen LogP contribution in [0.25, 0.3) is 0 Å². The summed E-state index contributed by atoms with van der Waals surface area (Å²) in [6, 6.07) is 21.9. The molecule has 4 nitrogen and oxygen atoms in total. The Morgan fingerprint density at radius 2 is 1.40 bits per heavy atom. The van der Waals surface area contributed by atoms with Gasteiger partial charge in [0.25, 0.3) is 5.91 Å². The van der Waals surface area contributed by atoms with Crippen molar-refractivity contribution in [3.05, 3.63) is 102 Å². The minimum atomic E-state index is -1.73. The van der Waals surface area contributed by atoms with E-state index in [0.717, 1.165) is 5.56 Å². The lowest BCUT2D eigenvalue weighted by atomic mass is 9.85. The number of benzene rings is 2. The zero-order chi connectivity index (χ0) is 17.7. The molecule has 0 saturated heterocycles.